The maximum Gasteiger partial charge on any atom is 0.268 e. The summed E-state index contributed by atoms with van der Waals surface area (Å²) >= 11 is 0. The first-order valence-corrected chi connectivity index (χ1v) is 12.3. The molecule has 2 aromatic carbocycles. The van der Waals surface area contributed by atoms with Gasteiger partial charge >= 0.3 is 0 Å². The Balaban J connectivity index is 1.42. The predicted octanol–water partition coefficient (Wildman–Crippen LogP) is 3.38. The number of benzene rings is 2. The monoisotopic (exact) mass is 476 g/mol. The molecule has 2 aromatic heterocycles. The minimum Gasteiger partial charge on any atom is -0.372 e. The van der Waals surface area contributed by atoms with Crippen molar-refractivity contribution in [3.63, 3.8) is 0 Å². The summed E-state index contributed by atoms with van der Waals surface area (Å²) in [5.74, 6) is 0.317. The lowest BCUT2D eigenvalue weighted by molar-refractivity contribution is 0.0942. The van der Waals surface area contributed by atoms with Crippen LogP contribution in [0.3, 0.4) is 0 Å². The van der Waals surface area contributed by atoms with Gasteiger partial charge in [0.05, 0.1) is 28.5 Å². The van der Waals surface area contributed by atoms with Crippen LogP contribution in [-0.2, 0) is 41.4 Å². The SMILES string of the molecule is Cc1ncc2c(CNC(=O)c3cc(S(=O)(=O)c4ccc5c(c4)COC5)c(C)n3C)cccc2n1. The molecule has 3 heterocycles. The lowest BCUT2D eigenvalue weighted by Crippen LogP contribution is -2.25. The summed E-state index contributed by atoms with van der Waals surface area (Å²) in [5.41, 5.74) is 4.33. The number of aromatic nitrogens is 3. The van der Waals surface area contributed by atoms with Crippen molar-refractivity contribution < 1.29 is 17.9 Å². The molecule has 5 rings (SSSR count). The Labute approximate surface area is 197 Å². The zero-order valence-electron chi connectivity index (χ0n) is 19.1. The Bertz CT molecular complexity index is 1560. The molecule has 0 saturated carbocycles. The number of aryl methyl sites for hydroxylation is 1. The molecular weight excluding hydrogens is 452 g/mol. The first kappa shape index (κ1) is 22.2. The number of hydrogen-bond donors (Lipinski definition) is 1. The Kier molecular flexibility index (Phi) is 5.45. The molecule has 1 N–H and O–H groups in total. The second kappa shape index (κ2) is 8.34. The molecule has 8 nitrogen and oxygen atoms in total. The highest BCUT2D eigenvalue weighted by atomic mass is 32.2. The van der Waals surface area contributed by atoms with E-state index in [4.69, 9.17) is 4.74 Å². The van der Waals surface area contributed by atoms with Crippen LogP contribution in [0.2, 0.25) is 0 Å². The minimum absolute atomic E-state index is 0.119. The zero-order valence-corrected chi connectivity index (χ0v) is 19.9. The second-order valence-corrected chi connectivity index (χ2v) is 10.3. The molecule has 0 saturated heterocycles. The smallest absolute Gasteiger partial charge is 0.268 e. The maximum absolute atomic E-state index is 13.4. The van der Waals surface area contributed by atoms with E-state index in [1.54, 1.807) is 42.9 Å². The molecule has 0 radical (unpaired) electrons. The summed E-state index contributed by atoms with van der Waals surface area (Å²) < 4.78 is 33.8. The number of fused-ring (bicyclic) bond motifs is 2. The number of carbonyl (C=O) groups is 1. The Morgan fingerprint density at radius 2 is 1.91 bits per heavy atom. The predicted molar refractivity (Wildman–Crippen MR) is 126 cm³/mol. The number of nitrogens with one attached hydrogen (secondary N) is 1. The molecule has 0 unspecified atom stereocenters. The molecule has 34 heavy (non-hydrogen) atoms. The third kappa shape index (κ3) is 3.76. The summed E-state index contributed by atoms with van der Waals surface area (Å²) in [6, 6.07) is 12.2. The Hall–Kier alpha value is -3.56. The van der Waals surface area contributed by atoms with E-state index in [2.05, 4.69) is 15.3 Å². The summed E-state index contributed by atoms with van der Waals surface area (Å²) in [4.78, 5) is 22.0. The van der Waals surface area contributed by atoms with Crippen molar-refractivity contribution in [2.45, 2.75) is 43.4 Å². The summed E-state index contributed by atoms with van der Waals surface area (Å²) in [7, 11) is -2.11. The third-order valence-electron chi connectivity index (χ3n) is 6.29. The molecule has 0 spiro atoms. The summed E-state index contributed by atoms with van der Waals surface area (Å²) in [6.07, 6.45) is 1.75. The molecule has 0 aliphatic carbocycles. The maximum atomic E-state index is 13.4. The molecule has 174 valence electrons. The van der Waals surface area contributed by atoms with E-state index in [1.165, 1.54) is 6.07 Å². The van der Waals surface area contributed by atoms with Crippen molar-refractivity contribution in [2.75, 3.05) is 0 Å². The molecule has 4 aromatic rings. The highest BCUT2D eigenvalue weighted by Gasteiger charge is 2.27. The number of carbonyl (C=O) groups excluding carboxylic acids is 1. The highest BCUT2D eigenvalue weighted by Crippen LogP contribution is 2.30. The third-order valence-corrected chi connectivity index (χ3v) is 8.16. The standard InChI is InChI=1S/C25H24N4O4S/c1-15-24(34(31,32)20-8-7-18-13-33-14-19(18)9-20)10-23(29(15)3)25(30)27-11-17-5-4-6-22-21(17)12-26-16(2)28-22/h4-10,12H,11,13-14H2,1-3H3,(H,27,30). The van der Waals surface area contributed by atoms with Gasteiger partial charge in [-0.15, -0.1) is 0 Å². The molecule has 0 bridgehead atoms. The van der Waals surface area contributed by atoms with Gasteiger partial charge in [-0.1, -0.05) is 18.2 Å². The van der Waals surface area contributed by atoms with Crippen LogP contribution >= 0.6 is 0 Å². The lowest BCUT2D eigenvalue weighted by Gasteiger charge is -2.09. The summed E-state index contributed by atoms with van der Waals surface area (Å²) in [5, 5.41) is 3.76. The Morgan fingerprint density at radius 1 is 1.12 bits per heavy atom. The van der Waals surface area contributed by atoms with Crippen molar-refractivity contribution in [3.05, 3.63) is 82.6 Å². The molecule has 9 heteroatoms. The van der Waals surface area contributed by atoms with Crippen molar-refractivity contribution in [2.24, 2.45) is 7.05 Å². The van der Waals surface area contributed by atoms with Gasteiger partial charge in [0.15, 0.2) is 0 Å². The van der Waals surface area contributed by atoms with Gasteiger partial charge < -0.3 is 14.6 Å². The van der Waals surface area contributed by atoms with Gasteiger partial charge in [0, 0.05) is 30.9 Å². The largest absolute Gasteiger partial charge is 0.372 e. The molecule has 0 fully saturated rings. The van der Waals surface area contributed by atoms with Crippen molar-refractivity contribution in [3.8, 4) is 0 Å². The number of sulfone groups is 1. The van der Waals surface area contributed by atoms with Gasteiger partial charge in [0.2, 0.25) is 9.84 Å². The lowest BCUT2D eigenvalue weighted by atomic mass is 10.1. The van der Waals surface area contributed by atoms with Gasteiger partial charge in [0.25, 0.3) is 5.91 Å². The fraction of sp³-hybridized carbons (Fsp3) is 0.240. The number of rotatable bonds is 5. The van der Waals surface area contributed by atoms with Crippen LogP contribution in [-0.4, -0.2) is 28.9 Å². The quantitative estimate of drug-likeness (QED) is 0.474. The first-order valence-electron chi connectivity index (χ1n) is 10.9. The van der Waals surface area contributed by atoms with Crippen molar-refractivity contribution in [1.29, 1.82) is 0 Å². The van der Waals surface area contributed by atoms with Crippen LogP contribution in [0.4, 0.5) is 0 Å². The van der Waals surface area contributed by atoms with Gasteiger partial charge in [-0.2, -0.15) is 0 Å². The number of amides is 1. The van der Waals surface area contributed by atoms with Gasteiger partial charge in [-0.25, -0.2) is 18.4 Å². The van der Waals surface area contributed by atoms with E-state index in [0.717, 1.165) is 27.6 Å². The van der Waals surface area contributed by atoms with Crippen LogP contribution < -0.4 is 5.32 Å². The fourth-order valence-corrected chi connectivity index (χ4v) is 5.82. The van der Waals surface area contributed by atoms with Crippen LogP contribution in [0.5, 0.6) is 0 Å². The molecular formula is C25H24N4O4S. The summed E-state index contributed by atoms with van der Waals surface area (Å²) in [6.45, 7) is 4.68. The minimum atomic E-state index is -3.80. The van der Waals surface area contributed by atoms with E-state index in [-0.39, 0.29) is 27.9 Å². The number of ether oxygens (including phenoxy) is 1. The first-order chi connectivity index (χ1) is 16.3. The Morgan fingerprint density at radius 3 is 2.74 bits per heavy atom. The second-order valence-electron chi connectivity index (χ2n) is 8.41. The molecule has 1 aliphatic rings. The van der Waals surface area contributed by atoms with E-state index < -0.39 is 9.84 Å². The van der Waals surface area contributed by atoms with Gasteiger partial charge in [-0.3, -0.25) is 4.79 Å². The molecule has 1 amide bonds. The highest BCUT2D eigenvalue weighted by molar-refractivity contribution is 7.91. The van der Waals surface area contributed by atoms with Gasteiger partial charge in [0.1, 0.15) is 11.5 Å². The van der Waals surface area contributed by atoms with Gasteiger partial charge in [-0.05, 0) is 54.8 Å². The molecule has 1 aliphatic heterocycles. The van der Waals surface area contributed by atoms with E-state index in [1.807, 2.05) is 25.1 Å². The van der Waals surface area contributed by atoms with Crippen LogP contribution in [0.25, 0.3) is 10.9 Å². The van der Waals surface area contributed by atoms with Crippen molar-refractivity contribution >= 4 is 26.6 Å². The van der Waals surface area contributed by atoms with Crippen LogP contribution in [0, 0.1) is 13.8 Å². The van der Waals surface area contributed by atoms with Crippen molar-refractivity contribution in [1.82, 2.24) is 19.9 Å². The van der Waals surface area contributed by atoms with Crippen LogP contribution in [0.15, 0.2) is 58.5 Å². The topological polar surface area (TPSA) is 103 Å². The average Bonchev–Trinajstić information content (AvgIpc) is 3.41. The zero-order chi connectivity index (χ0) is 24.0. The number of nitrogens with zero attached hydrogens (tertiary/aromatic N) is 3. The normalized spacial score (nSPS) is 13.3. The van der Waals surface area contributed by atoms with E-state index in [9.17, 15) is 13.2 Å². The van der Waals surface area contributed by atoms with Crippen LogP contribution in [0.1, 0.15) is 38.7 Å². The number of hydrogen-bond acceptors (Lipinski definition) is 6. The van der Waals surface area contributed by atoms with E-state index >= 15 is 0 Å². The van der Waals surface area contributed by atoms with E-state index in [0.29, 0.717) is 24.7 Å². The fourth-order valence-electron chi connectivity index (χ4n) is 4.23. The molecule has 0 atom stereocenters. The average molecular weight is 477 g/mol.